The van der Waals surface area contributed by atoms with Gasteiger partial charge in [-0.25, -0.2) is 15.0 Å². The third-order valence-corrected chi connectivity index (χ3v) is 6.70. The summed E-state index contributed by atoms with van der Waals surface area (Å²) >= 11 is 0. The molecule has 0 unspecified atom stereocenters. The number of imidazole rings is 1. The van der Waals surface area contributed by atoms with E-state index in [2.05, 4.69) is 20.3 Å². The summed E-state index contributed by atoms with van der Waals surface area (Å²) in [6, 6.07) is 14.1. The summed E-state index contributed by atoms with van der Waals surface area (Å²) in [6.45, 7) is 9.65. The molecule has 0 atom stereocenters. The highest BCUT2D eigenvalue weighted by atomic mass is 19.4. The van der Waals surface area contributed by atoms with E-state index in [0.29, 0.717) is 23.0 Å². The highest BCUT2D eigenvalue weighted by molar-refractivity contribution is 6.05. The zero-order valence-electron chi connectivity index (χ0n) is 24.3. The smallest absolute Gasteiger partial charge is 0.322 e. The lowest BCUT2D eigenvalue weighted by molar-refractivity contribution is -0.137. The first kappa shape index (κ1) is 29.4. The van der Waals surface area contributed by atoms with Crippen LogP contribution in [0.15, 0.2) is 85.7 Å². The van der Waals surface area contributed by atoms with E-state index in [0.717, 1.165) is 23.3 Å². The van der Waals surface area contributed by atoms with Crippen molar-refractivity contribution >= 4 is 23.2 Å². The van der Waals surface area contributed by atoms with Crippen LogP contribution in [0.2, 0.25) is 0 Å². The molecule has 5 rings (SSSR count). The number of pyridine rings is 1. The van der Waals surface area contributed by atoms with Gasteiger partial charge in [0.25, 0.3) is 5.91 Å². The summed E-state index contributed by atoms with van der Waals surface area (Å²) in [5.41, 5.74) is 2.80. The molecule has 3 aromatic heterocycles. The maximum atomic E-state index is 13.8. The molecule has 2 aromatic carbocycles. The number of nitrogens with one attached hydrogen (secondary N) is 1. The second-order valence-corrected chi connectivity index (χ2v) is 11.1. The standard InChI is InChI=1S/C32H30F3N7O/c1-20-8-9-22(29(43)39-25-14-24(32(33,34)35)15-26(16-25)41-18-21(2)38-19-41)13-28(20)42(31(3,4)5)30-37-12-10-27(40-30)23-7-6-11-36-17-23/h6-19H,1-5H3,(H,39,43). The van der Waals surface area contributed by atoms with Gasteiger partial charge < -0.3 is 14.8 Å². The van der Waals surface area contributed by atoms with Gasteiger partial charge in [0, 0.05) is 58.5 Å². The fraction of sp³-hybridized carbons (Fsp3) is 0.219. The molecule has 11 heteroatoms. The Balaban J connectivity index is 1.52. The van der Waals surface area contributed by atoms with E-state index in [-0.39, 0.29) is 16.9 Å². The molecule has 5 aromatic rings. The number of aryl methyl sites for hydroxylation is 2. The summed E-state index contributed by atoms with van der Waals surface area (Å²) in [5.74, 6) is -0.139. The van der Waals surface area contributed by atoms with Gasteiger partial charge in [-0.2, -0.15) is 13.2 Å². The fourth-order valence-corrected chi connectivity index (χ4v) is 4.65. The Hall–Kier alpha value is -5.06. The van der Waals surface area contributed by atoms with Crippen molar-refractivity contribution in [1.29, 1.82) is 0 Å². The first-order valence-corrected chi connectivity index (χ1v) is 13.5. The molecule has 0 bridgehead atoms. The molecule has 1 N–H and O–H groups in total. The average molecular weight is 586 g/mol. The van der Waals surface area contributed by atoms with Gasteiger partial charge in [-0.05, 0) is 88.7 Å². The molecule has 0 saturated carbocycles. The maximum Gasteiger partial charge on any atom is 0.416 e. The summed E-state index contributed by atoms with van der Waals surface area (Å²) in [7, 11) is 0. The SMILES string of the molecule is Cc1cn(-c2cc(NC(=O)c3ccc(C)c(N(c4nccc(-c5cccnc5)n4)C(C)(C)C)c3)cc(C(F)(F)F)c2)cn1. The predicted molar refractivity (Wildman–Crippen MR) is 160 cm³/mol. The molecule has 43 heavy (non-hydrogen) atoms. The van der Waals surface area contributed by atoms with Crippen LogP contribution in [-0.4, -0.2) is 35.9 Å². The molecule has 0 saturated heterocycles. The van der Waals surface area contributed by atoms with Crippen LogP contribution in [0.1, 0.15) is 48.0 Å². The normalized spacial score (nSPS) is 11.8. The molecule has 220 valence electrons. The molecule has 0 radical (unpaired) electrons. The molecule has 0 spiro atoms. The number of hydrogen-bond donors (Lipinski definition) is 1. The van der Waals surface area contributed by atoms with E-state index in [4.69, 9.17) is 4.98 Å². The number of aromatic nitrogens is 5. The number of carbonyl (C=O) groups excluding carboxylic acids is 1. The Morgan fingerprint density at radius 1 is 0.953 bits per heavy atom. The molecule has 1 amide bonds. The van der Waals surface area contributed by atoms with Crippen LogP contribution in [0.4, 0.5) is 30.5 Å². The molecule has 0 aliphatic heterocycles. The minimum atomic E-state index is -4.61. The average Bonchev–Trinajstić information content (AvgIpc) is 3.40. The third kappa shape index (κ3) is 6.56. The molecular formula is C32H30F3N7O. The van der Waals surface area contributed by atoms with Crippen LogP contribution in [0.3, 0.4) is 0 Å². The molecule has 0 fully saturated rings. The largest absolute Gasteiger partial charge is 0.416 e. The van der Waals surface area contributed by atoms with E-state index < -0.39 is 23.2 Å². The van der Waals surface area contributed by atoms with Crippen molar-refractivity contribution in [2.24, 2.45) is 0 Å². The zero-order valence-corrected chi connectivity index (χ0v) is 24.3. The molecular weight excluding hydrogens is 555 g/mol. The summed E-state index contributed by atoms with van der Waals surface area (Å²) in [5, 5.41) is 2.65. The quantitative estimate of drug-likeness (QED) is 0.221. The van der Waals surface area contributed by atoms with Gasteiger partial charge in [0.2, 0.25) is 5.95 Å². The minimum Gasteiger partial charge on any atom is -0.322 e. The van der Waals surface area contributed by atoms with Gasteiger partial charge in [-0.15, -0.1) is 0 Å². The molecule has 3 heterocycles. The lowest BCUT2D eigenvalue weighted by atomic mass is 10.0. The van der Waals surface area contributed by atoms with Gasteiger partial charge in [0.1, 0.15) is 0 Å². The number of hydrogen-bond acceptors (Lipinski definition) is 6. The number of alkyl halides is 3. The number of nitrogens with zero attached hydrogens (tertiary/aromatic N) is 6. The third-order valence-electron chi connectivity index (χ3n) is 6.70. The Morgan fingerprint density at radius 3 is 2.40 bits per heavy atom. The number of benzene rings is 2. The number of halogens is 3. The van der Waals surface area contributed by atoms with Gasteiger partial charge in [-0.1, -0.05) is 6.07 Å². The van der Waals surface area contributed by atoms with Crippen LogP contribution in [0.25, 0.3) is 16.9 Å². The van der Waals surface area contributed by atoms with E-state index in [1.165, 1.54) is 17.0 Å². The number of anilines is 3. The lowest BCUT2D eigenvalue weighted by Gasteiger charge is -2.37. The van der Waals surface area contributed by atoms with Crippen molar-refractivity contribution in [1.82, 2.24) is 24.5 Å². The molecule has 8 nitrogen and oxygen atoms in total. The first-order chi connectivity index (χ1) is 20.3. The van der Waals surface area contributed by atoms with Crippen LogP contribution in [0, 0.1) is 13.8 Å². The number of rotatable bonds is 6. The number of amides is 1. The number of carbonyl (C=O) groups is 1. The van der Waals surface area contributed by atoms with Crippen molar-refractivity contribution in [3.8, 4) is 16.9 Å². The van der Waals surface area contributed by atoms with E-state index in [9.17, 15) is 18.0 Å². The van der Waals surface area contributed by atoms with E-state index >= 15 is 0 Å². The van der Waals surface area contributed by atoms with Crippen molar-refractivity contribution in [3.63, 3.8) is 0 Å². The van der Waals surface area contributed by atoms with Crippen molar-refractivity contribution in [2.45, 2.75) is 46.3 Å². The lowest BCUT2D eigenvalue weighted by Crippen LogP contribution is -2.39. The van der Waals surface area contributed by atoms with Gasteiger partial charge in [0.15, 0.2) is 0 Å². The van der Waals surface area contributed by atoms with Crippen molar-refractivity contribution in [2.75, 3.05) is 10.2 Å². The fourth-order valence-electron chi connectivity index (χ4n) is 4.65. The van der Waals surface area contributed by atoms with Crippen LogP contribution in [0.5, 0.6) is 0 Å². The molecule has 0 aliphatic carbocycles. The maximum absolute atomic E-state index is 13.8. The molecule has 0 aliphatic rings. The summed E-state index contributed by atoms with van der Waals surface area (Å²) in [4.78, 5) is 33.0. The monoisotopic (exact) mass is 585 g/mol. The van der Waals surface area contributed by atoms with Crippen LogP contribution >= 0.6 is 0 Å². The summed E-state index contributed by atoms with van der Waals surface area (Å²) in [6.07, 6.45) is 3.50. The van der Waals surface area contributed by atoms with Crippen LogP contribution < -0.4 is 10.2 Å². The second-order valence-electron chi connectivity index (χ2n) is 11.1. The highest BCUT2D eigenvalue weighted by Gasteiger charge is 2.32. The second kappa shape index (κ2) is 11.3. The van der Waals surface area contributed by atoms with Crippen molar-refractivity contribution < 1.29 is 18.0 Å². The van der Waals surface area contributed by atoms with Crippen molar-refractivity contribution in [3.05, 3.63) is 108 Å². The zero-order chi connectivity index (χ0) is 30.9. The Morgan fingerprint density at radius 2 is 1.74 bits per heavy atom. The summed E-state index contributed by atoms with van der Waals surface area (Å²) < 4.78 is 42.8. The Labute approximate surface area is 247 Å². The Bertz CT molecular complexity index is 1780. The predicted octanol–water partition coefficient (Wildman–Crippen LogP) is 7.55. The minimum absolute atomic E-state index is 0.00323. The Kier molecular flexibility index (Phi) is 7.74. The first-order valence-electron chi connectivity index (χ1n) is 13.5. The van der Waals surface area contributed by atoms with Gasteiger partial charge >= 0.3 is 6.18 Å². The highest BCUT2D eigenvalue weighted by Crippen LogP contribution is 2.36. The topological polar surface area (TPSA) is 88.8 Å². The van der Waals surface area contributed by atoms with Gasteiger partial charge in [-0.3, -0.25) is 9.78 Å². The van der Waals surface area contributed by atoms with Gasteiger partial charge in [0.05, 0.1) is 23.3 Å². The van der Waals surface area contributed by atoms with Crippen LogP contribution in [-0.2, 0) is 6.18 Å². The van der Waals surface area contributed by atoms with E-state index in [1.54, 1.807) is 56.0 Å². The van der Waals surface area contributed by atoms with E-state index in [1.807, 2.05) is 44.7 Å².